The molecule has 0 aliphatic carbocycles. The average molecular weight is 309 g/mol. The van der Waals surface area contributed by atoms with E-state index in [1.54, 1.807) is 18.2 Å². The molecule has 0 aliphatic rings. The van der Waals surface area contributed by atoms with Gasteiger partial charge in [0.15, 0.2) is 0 Å². The summed E-state index contributed by atoms with van der Waals surface area (Å²) in [6.45, 7) is 2.15. The Balaban J connectivity index is 1.93. The summed E-state index contributed by atoms with van der Waals surface area (Å²) >= 11 is 0. The Morgan fingerprint density at radius 2 is 2.24 bits per heavy atom. The van der Waals surface area contributed by atoms with Crippen LogP contribution in [0.4, 0.5) is 0 Å². The van der Waals surface area contributed by atoms with Gasteiger partial charge in [0.05, 0.1) is 4.90 Å². The van der Waals surface area contributed by atoms with Crippen molar-refractivity contribution in [1.29, 1.82) is 0 Å². The Bertz CT molecular complexity index is 668. The van der Waals surface area contributed by atoms with Crippen molar-refractivity contribution in [3.8, 4) is 0 Å². The molecule has 1 unspecified atom stereocenters. The quantitative estimate of drug-likeness (QED) is 0.653. The highest BCUT2D eigenvalue weighted by Gasteiger charge is 2.14. The maximum atomic E-state index is 12.2. The maximum Gasteiger partial charge on any atom is 0.240 e. The maximum absolute atomic E-state index is 12.2. The molecule has 0 bridgehead atoms. The van der Waals surface area contributed by atoms with Crippen molar-refractivity contribution in [3.63, 3.8) is 0 Å². The van der Waals surface area contributed by atoms with Gasteiger partial charge in [-0.15, -0.1) is 0 Å². The van der Waals surface area contributed by atoms with E-state index < -0.39 is 10.0 Å². The predicted octanol–water partition coefficient (Wildman–Crippen LogP) is 0.735. The Morgan fingerprint density at radius 1 is 1.43 bits per heavy atom. The molecule has 4 N–H and O–H groups in total. The molecule has 2 rings (SSSR count). The number of aromatic amines is 1. The number of sulfonamides is 1. The number of aromatic nitrogens is 3. The fraction of sp³-hybridized carbons (Fsp3) is 0.385. The average Bonchev–Trinajstić information content (AvgIpc) is 2.97. The zero-order valence-electron chi connectivity index (χ0n) is 11.8. The van der Waals surface area contributed by atoms with E-state index in [4.69, 9.17) is 5.73 Å². The summed E-state index contributed by atoms with van der Waals surface area (Å²) in [6, 6.07) is 6.47. The van der Waals surface area contributed by atoms with Crippen molar-refractivity contribution in [1.82, 2.24) is 19.9 Å². The number of nitrogens with two attached hydrogens (primary N) is 1. The van der Waals surface area contributed by atoms with Gasteiger partial charge in [0, 0.05) is 19.0 Å². The van der Waals surface area contributed by atoms with E-state index in [0.29, 0.717) is 19.4 Å². The molecule has 0 radical (unpaired) electrons. The van der Waals surface area contributed by atoms with E-state index in [2.05, 4.69) is 19.9 Å². The zero-order valence-corrected chi connectivity index (χ0v) is 12.6. The van der Waals surface area contributed by atoms with Crippen LogP contribution >= 0.6 is 0 Å². The Kier molecular flexibility index (Phi) is 5.05. The third-order valence-electron chi connectivity index (χ3n) is 3.04. The van der Waals surface area contributed by atoms with E-state index in [0.717, 1.165) is 11.4 Å². The first-order valence-corrected chi connectivity index (χ1v) is 8.17. The molecule has 0 fully saturated rings. The van der Waals surface area contributed by atoms with Crippen LogP contribution in [0.2, 0.25) is 0 Å². The molecule has 0 aliphatic heterocycles. The monoisotopic (exact) mass is 309 g/mol. The second kappa shape index (κ2) is 6.79. The van der Waals surface area contributed by atoms with Crippen molar-refractivity contribution >= 4 is 10.0 Å². The van der Waals surface area contributed by atoms with Gasteiger partial charge in [0.25, 0.3) is 0 Å². The fourth-order valence-electron chi connectivity index (χ4n) is 1.86. The van der Waals surface area contributed by atoms with Gasteiger partial charge in [0.1, 0.15) is 12.2 Å². The summed E-state index contributed by atoms with van der Waals surface area (Å²) in [5, 5.41) is 6.47. The smallest absolute Gasteiger partial charge is 0.240 e. The van der Waals surface area contributed by atoms with Gasteiger partial charge in [-0.05, 0) is 31.0 Å². The summed E-state index contributed by atoms with van der Waals surface area (Å²) < 4.78 is 26.9. The molecule has 2 aromatic rings. The lowest BCUT2D eigenvalue weighted by Gasteiger charge is -2.10. The molecule has 0 saturated heterocycles. The number of hydrogen-bond acceptors (Lipinski definition) is 5. The summed E-state index contributed by atoms with van der Waals surface area (Å²) in [5.41, 5.74) is 6.56. The first-order chi connectivity index (χ1) is 9.99. The fourth-order valence-corrected chi connectivity index (χ4v) is 2.99. The van der Waals surface area contributed by atoms with Gasteiger partial charge in [-0.2, -0.15) is 5.10 Å². The molecular formula is C13H19N5O2S. The standard InChI is InChI=1S/C13H19N5O2S/c1-10(14)11-4-2-5-12(8-11)21(19,20)17-7-3-6-13-15-9-16-18-13/h2,4-5,8-10,17H,3,6-7,14H2,1H3,(H,15,16,18). The molecule has 114 valence electrons. The minimum atomic E-state index is -3.51. The Hall–Kier alpha value is -1.77. The van der Waals surface area contributed by atoms with Gasteiger partial charge >= 0.3 is 0 Å². The van der Waals surface area contributed by atoms with Crippen molar-refractivity contribution in [3.05, 3.63) is 42.0 Å². The van der Waals surface area contributed by atoms with E-state index in [9.17, 15) is 8.42 Å². The van der Waals surface area contributed by atoms with Gasteiger partial charge in [-0.1, -0.05) is 12.1 Å². The number of H-pyrrole nitrogens is 1. The van der Waals surface area contributed by atoms with Crippen LogP contribution in [0.1, 0.15) is 30.8 Å². The lowest BCUT2D eigenvalue weighted by molar-refractivity contribution is 0.578. The molecule has 7 nitrogen and oxygen atoms in total. The molecule has 1 atom stereocenters. The molecule has 1 heterocycles. The topological polar surface area (TPSA) is 114 Å². The second-order valence-corrected chi connectivity index (χ2v) is 6.56. The summed E-state index contributed by atoms with van der Waals surface area (Å²) in [5.74, 6) is 0.744. The SMILES string of the molecule is CC(N)c1cccc(S(=O)(=O)NCCCc2ncn[nH]2)c1. The van der Waals surface area contributed by atoms with Crippen LogP contribution in [-0.4, -0.2) is 30.1 Å². The zero-order chi connectivity index (χ0) is 15.3. The van der Waals surface area contributed by atoms with Crippen LogP contribution in [0.25, 0.3) is 0 Å². The Labute approximate surface area is 124 Å². The molecule has 0 saturated carbocycles. The van der Waals surface area contributed by atoms with Crippen LogP contribution in [0.3, 0.4) is 0 Å². The van der Waals surface area contributed by atoms with Crippen LogP contribution < -0.4 is 10.5 Å². The third kappa shape index (κ3) is 4.35. The molecule has 0 spiro atoms. The van der Waals surface area contributed by atoms with E-state index in [1.807, 2.05) is 13.0 Å². The Morgan fingerprint density at radius 3 is 2.90 bits per heavy atom. The minimum Gasteiger partial charge on any atom is -0.324 e. The van der Waals surface area contributed by atoms with Crippen molar-refractivity contribution in [2.45, 2.75) is 30.7 Å². The number of rotatable bonds is 7. The highest BCUT2D eigenvalue weighted by atomic mass is 32.2. The van der Waals surface area contributed by atoms with E-state index >= 15 is 0 Å². The van der Waals surface area contributed by atoms with E-state index in [1.165, 1.54) is 6.33 Å². The van der Waals surface area contributed by atoms with E-state index in [-0.39, 0.29) is 10.9 Å². The summed E-state index contributed by atoms with van der Waals surface area (Å²) in [6.07, 6.45) is 2.71. The van der Waals surface area contributed by atoms with Gasteiger partial charge in [-0.25, -0.2) is 18.1 Å². The first kappa shape index (κ1) is 15.6. The van der Waals surface area contributed by atoms with Crippen LogP contribution in [-0.2, 0) is 16.4 Å². The molecular weight excluding hydrogens is 290 g/mol. The summed E-state index contributed by atoms with van der Waals surface area (Å²) in [7, 11) is -3.51. The summed E-state index contributed by atoms with van der Waals surface area (Å²) in [4.78, 5) is 4.21. The minimum absolute atomic E-state index is 0.202. The highest BCUT2D eigenvalue weighted by Crippen LogP contribution is 2.15. The first-order valence-electron chi connectivity index (χ1n) is 6.68. The number of nitrogens with one attached hydrogen (secondary N) is 2. The van der Waals surface area contributed by atoms with Gasteiger partial charge < -0.3 is 5.73 Å². The van der Waals surface area contributed by atoms with Crippen molar-refractivity contribution in [2.75, 3.05) is 6.54 Å². The van der Waals surface area contributed by atoms with Gasteiger partial charge in [0.2, 0.25) is 10.0 Å². The number of nitrogens with zero attached hydrogens (tertiary/aromatic N) is 2. The largest absolute Gasteiger partial charge is 0.324 e. The number of aryl methyl sites for hydroxylation is 1. The van der Waals surface area contributed by atoms with Crippen molar-refractivity contribution < 1.29 is 8.42 Å². The number of benzene rings is 1. The third-order valence-corrected chi connectivity index (χ3v) is 4.50. The van der Waals surface area contributed by atoms with Crippen LogP contribution in [0, 0.1) is 0 Å². The molecule has 0 amide bonds. The lowest BCUT2D eigenvalue weighted by Crippen LogP contribution is -2.25. The highest BCUT2D eigenvalue weighted by molar-refractivity contribution is 7.89. The van der Waals surface area contributed by atoms with Gasteiger partial charge in [-0.3, -0.25) is 5.10 Å². The molecule has 8 heteroatoms. The molecule has 1 aromatic heterocycles. The van der Waals surface area contributed by atoms with Crippen LogP contribution in [0.5, 0.6) is 0 Å². The normalized spacial score (nSPS) is 13.2. The van der Waals surface area contributed by atoms with Crippen LogP contribution in [0.15, 0.2) is 35.5 Å². The number of hydrogen-bond donors (Lipinski definition) is 3. The predicted molar refractivity (Wildman–Crippen MR) is 78.9 cm³/mol. The molecule has 1 aromatic carbocycles. The van der Waals surface area contributed by atoms with Crippen molar-refractivity contribution in [2.24, 2.45) is 5.73 Å². The second-order valence-electron chi connectivity index (χ2n) is 4.79. The molecule has 21 heavy (non-hydrogen) atoms. The lowest BCUT2D eigenvalue weighted by atomic mass is 10.1.